The molecular formula is C19H16N2O3. The number of rotatable bonds is 4. The maximum Gasteiger partial charge on any atom is 0.271 e. The van der Waals surface area contributed by atoms with Gasteiger partial charge in [-0.2, -0.15) is 5.10 Å². The topological polar surface area (TPSA) is 70.9 Å². The first-order valence-corrected chi connectivity index (χ1v) is 7.37. The smallest absolute Gasteiger partial charge is 0.271 e. The molecule has 5 heteroatoms. The number of hydrogen-bond donors (Lipinski definition) is 2. The molecule has 0 saturated carbocycles. The molecule has 0 radical (unpaired) electrons. The van der Waals surface area contributed by atoms with Crippen molar-refractivity contribution in [3.63, 3.8) is 0 Å². The zero-order valence-corrected chi connectivity index (χ0v) is 13.1. The molecule has 0 fully saturated rings. The van der Waals surface area contributed by atoms with Crippen molar-refractivity contribution in [3.05, 3.63) is 71.8 Å². The van der Waals surface area contributed by atoms with Crippen LogP contribution in [0.25, 0.3) is 10.8 Å². The molecule has 3 aromatic carbocycles. The highest BCUT2D eigenvalue weighted by Gasteiger charge is 2.06. The van der Waals surface area contributed by atoms with Crippen LogP contribution in [0.4, 0.5) is 0 Å². The predicted molar refractivity (Wildman–Crippen MR) is 93.7 cm³/mol. The van der Waals surface area contributed by atoms with Gasteiger partial charge in [0.15, 0.2) is 0 Å². The number of phenolic OH excluding ortho intramolecular Hbond substituents is 1. The summed E-state index contributed by atoms with van der Waals surface area (Å²) in [7, 11) is 1.56. The molecule has 2 N–H and O–H groups in total. The predicted octanol–water partition coefficient (Wildman–Crippen LogP) is 3.32. The van der Waals surface area contributed by atoms with Gasteiger partial charge in [-0.05, 0) is 35.7 Å². The fourth-order valence-corrected chi connectivity index (χ4v) is 2.34. The Morgan fingerprint density at radius 2 is 1.83 bits per heavy atom. The van der Waals surface area contributed by atoms with Crippen LogP contribution in [0.2, 0.25) is 0 Å². The first-order chi connectivity index (χ1) is 11.7. The Morgan fingerprint density at radius 3 is 2.58 bits per heavy atom. The minimum absolute atomic E-state index is 0.135. The van der Waals surface area contributed by atoms with E-state index in [0.29, 0.717) is 16.9 Å². The standard InChI is InChI=1S/C19H16N2O3/c1-24-16-10-8-14(9-11-16)19(23)21-20-12-15-7-6-13-4-2-3-5-17(13)18(15)22/h2-12,22H,1H3,(H,21,23)/b20-12+. The van der Waals surface area contributed by atoms with Crippen LogP contribution in [-0.2, 0) is 0 Å². The maximum atomic E-state index is 12.0. The summed E-state index contributed by atoms with van der Waals surface area (Å²) < 4.78 is 5.05. The molecule has 0 spiro atoms. The van der Waals surface area contributed by atoms with E-state index in [1.165, 1.54) is 6.21 Å². The molecule has 3 rings (SSSR count). The van der Waals surface area contributed by atoms with Gasteiger partial charge in [0.05, 0.1) is 13.3 Å². The Labute approximate surface area is 139 Å². The summed E-state index contributed by atoms with van der Waals surface area (Å²) in [6.07, 6.45) is 1.42. The van der Waals surface area contributed by atoms with Crippen LogP contribution < -0.4 is 10.2 Å². The third-order valence-electron chi connectivity index (χ3n) is 3.65. The minimum Gasteiger partial charge on any atom is -0.507 e. The Kier molecular flexibility index (Phi) is 4.43. The van der Waals surface area contributed by atoms with Crippen molar-refractivity contribution in [2.24, 2.45) is 5.10 Å². The van der Waals surface area contributed by atoms with Gasteiger partial charge in [-0.1, -0.05) is 30.3 Å². The number of hydrazone groups is 1. The number of benzene rings is 3. The molecular weight excluding hydrogens is 304 g/mol. The third kappa shape index (κ3) is 3.20. The molecule has 0 saturated heterocycles. The number of phenols is 1. The summed E-state index contributed by atoms with van der Waals surface area (Å²) in [5.41, 5.74) is 3.44. The zero-order valence-electron chi connectivity index (χ0n) is 13.1. The van der Waals surface area contributed by atoms with Gasteiger partial charge in [0, 0.05) is 16.5 Å². The Hall–Kier alpha value is -3.34. The summed E-state index contributed by atoms with van der Waals surface area (Å²) in [5, 5.41) is 15.9. The van der Waals surface area contributed by atoms with Crippen molar-refractivity contribution >= 4 is 22.9 Å². The van der Waals surface area contributed by atoms with Gasteiger partial charge in [-0.25, -0.2) is 5.43 Å². The van der Waals surface area contributed by atoms with Crippen molar-refractivity contribution < 1.29 is 14.6 Å². The van der Waals surface area contributed by atoms with Gasteiger partial charge in [0.2, 0.25) is 0 Å². The molecule has 0 atom stereocenters. The van der Waals surface area contributed by atoms with Crippen LogP contribution in [-0.4, -0.2) is 24.3 Å². The number of ether oxygens (including phenoxy) is 1. The quantitative estimate of drug-likeness (QED) is 0.572. The van der Waals surface area contributed by atoms with Crippen molar-refractivity contribution in [1.29, 1.82) is 0 Å². The fourth-order valence-electron chi connectivity index (χ4n) is 2.34. The highest BCUT2D eigenvalue weighted by atomic mass is 16.5. The van der Waals surface area contributed by atoms with Crippen LogP contribution >= 0.6 is 0 Å². The van der Waals surface area contributed by atoms with Crippen LogP contribution in [0, 0.1) is 0 Å². The summed E-state index contributed by atoms with van der Waals surface area (Å²) >= 11 is 0. The molecule has 3 aromatic rings. The molecule has 0 aliphatic heterocycles. The van der Waals surface area contributed by atoms with Gasteiger partial charge in [0.25, 0.3) is 5.91 Å². The van der Waals surface area contributed by atoms with E-state index in [-0.39, 0.29) is 11.7 Å². The van der Waals surface area contributed by atoms with Gasteiger partial charge >= 0.3 is 0 Å². The second-order valence-corrected chi connectivity index (χ2v) is 5.15. The van der Waals surface area contributed by atoms with E-state index in [1.807, 2.05) is 30.3 Å². The normalized spacial score (nSPS) is 10.9. The lowest BCUT2D eigenvalue weighted by Crippen LogP contribution is -2.17. The molecule has 0 aromatic heterocycles. The summed E-state index contributed by atoms with van der Waals surface area (Å²) in [4.78, 5) is 12.0. The average molecular weight is 320 g/mol. The van der Waals surface area contributed by atoms with E-state index in [2.05, 4.69) is 10.5 Å². The summed E-state index contributed by atoms with van der Waals surface area (Å²) in [6, 6.07) is 17.9. The van der Waals surface area contributed by atoms with E-state index in [4.69, 9.17) is 4.74 Å². The third-order valence-corrected chi connectivity index (χ3v) is 3.65. The first kappa shape index (κ1) is 15.6. The molecule has 0 aliphatic carbocycles. The van der Waals surface area contributed by atoms with Crippen LogP contribution in [0.3, 0.4) is 0 Å². The van der Waals surface area contributed by atoms with E-state index in [1.54, 1.807) is 37.4 Å². The second kappa shape index (κ2) is 6.83. The zero-order chi connectivity index (χ0) is 16.9. The van der Waals surface area contributed by atoms with E-state index in [9.17, 15) is 9.90 Å². The maximum absolute atomic E-state index is 12.0. The monoisotopic (exact) mass is 320 g/mol. The van der Waals surface area contributed by atoms with Gasteiger partial charge < -0.3 is 9.84 Å². The van der Waals surface area contributed by atoms with Crippen LogP contribution in [0.15, 0.2) is 65.8 Å². The van der Waals surface area contributed by atoms with Crippen molar-refractivity contribution in [2.45, 2.75) is 0 Å². The Balaban J connectivity index is 1.74. The molecule has 0 heterocycles. The van der Waals surface area contributed by atoms with Gasteiger partial charge in [0.1, 0.15) is 11.5 Å². The molecule has 24 heavy (non-hydrogen) atoms. The van der Waals surface area contributed by atoms with E-state index in [0.717, 1.165) is 10.8 Å². The number of aromatic hydroxyl groups is 1. The summed E-state index contributed by atoms with van der Waals surface area (Å²) in [5.74, 6) is 0.473. The number of methoxy groups -OCH3 is 1. The van der Waals surface area contributed by atoms with Crippen molar-refractivity contribution in [3.8, 4) is 11.5 Å². The number of carbonyl (C=O) groups excluding carboxylic acids is 1. The molecule has 120 valence electrons. The molecule has 1 amide bonds. The summed E-state index contributed by atoms with van der Waals surface area (Å²) in [6.45, 7) is 0. The molecule has 0 aliphatic rings. The molecule has 5 nitrogen and oxygen atoms in total. The SMILES string of the molecule is COc1ccc(C(=O)N/N=C/c2ccc3ccccc3c2O)cc1. The van der Waals surface area contributed by atoms with Crippen molar-refractivity contribution in [1.82, 2.24) is 5.43 Å². The fraction of sp³-hybridized carbons (Fsp3) is 0.0526. The number of carbonyl (C=O) groups is 1. The number of nitrogens with one attached hydrogen (secondary N) is 1. The molecule has 0 unspecified atom stereocenters. The average Bonchev–Trinajstić information content (AvgIpc) is 2.64. The van der Waals surface area contributed by atoms with E-state index >= 15 is 0 Å². The highest BCUT2D eigenvalue weighted by Crippen LogP contribution is 2.27. The first-order valence-electron chi connectivity index (χ1n) is 7.37. The van der Waals surface area contributed by atoms with Crippen molar-refractivity contribution in [2.75, 3.05) is 7.11 Å². The van der Waals surface area contributed by atoms with Gasteiger partial charge in [-0.3, -0.25) is 4.79 Å². The second-order valence-electron chi connectivity index (χ2n) is 5.15. The Bertz CT molecular complexity index is 902. The highest BCUT2D eigenvalue weighted by molar-refractivity contribution is 5.98. The number of fused-ring (bicyclic) bond motifs is 1. The number of hydrogen-bond acceptors (Lipinski definition) is 4. The van der Waals surface area contributed by atoms with Crippen LogP contribution in [0.1, 0.15) is 15.9 Å². The lowest BCUT2D eigenvalue weighted by molar-refractivity contribution is 0.0955. The minimum atomic E-state index is -0.339. The van der Waals surface area contributed by atoms with E-state index < -0.39 is 0 Å². The Morgan fingerprint density at radius 1 is 1.08 bits per heavy atom. The lowest BCUT2D eigenvalue weighted by atomic mass is 10.1. The number of nitrogens with zero attached hydrogens (tertiary/aromatic N) is 1. The van der Waals surface area contributed by atoms with Crippen LogP contribution in [0.5, 0.6) is 11.5 Å². The molecule has 0 bridgehead atoms. The largest absolute Gasteiger partial charge is 0.507 e. The van der Waals surface area contributed by atoms with Gasteiger partial charge in [-0.15, -0.1) is 0 Å². The lowest BCUT2D eigenvalue weighted by Gasteiger charge is -2.04. The number of amides is 1.